The van der Waals surface area contributed by atoms with E-state index in [2.05, 4.69) is 11.1 Å². The zero-order chi connectivity index (χ0) is 27.6. The van der Waals surface area contributed by atoms with Crippen LogP contribution >= 0.6 is 0 Å². The maximum atomic E-state index is 13.1. The summed E-state index contributed by atoms with van der Waals surface area (Å²) >= 11 is 0. The molecule has 10 heteroatoms. The summed E-state index contributed by atoms with van der Waals surface area (Å²) < 4.78 is 27.8. The zero-order valence-corrected chi connectivity index (χ0v) is 23.0. The van der Waals surface area contributed by atoms with E-state index < -0.39 is 10.0 Å². The Balaban J connectivity index is 1.27. The molecular formula is C29H37N5O4S. The summed E-state index contributed by atoms with van der Waals surface area (Å²) in [4.78, 5) is 28.8. The molecule has 0 aliphatic carbocycles. The number of nitrogens with one attached hydrogen (secondary N) is 1. The van der Waals surface area contributed by atoms with E-state index in [4.69, 9.17) is 11.5 Å². The Bertz CT molecular complexity index is 1450. The average molecular weight is 552 g/mol. The zero-order valence-electron chi connectivity index (χ0n) is 22.1. The minimum absolute atomic E-state index is 0.0731. The van der Waals surface area contributed by atoms with Crippen LogP contribution in [0.25, 0.3) is 22.0 Å². The highest BCUT2D eigenvalue weighted by atomic mass is 32.2. The predicted molar refractivity (Wildman–Crippen MR) is 152 cm³/mol. The molecular weight excluding hydrogens is 514 g/mol. The van der Waals surface area contributed by atoms with Crippen molar-refractivity contribution in [1.29, 1.82) is 0 Å². The van der Waals surface area contributed by atoms with Crippen molar-refractivity contribution in [2.24, 2.45) is 11.5 Å². The quantitative estimate of drug-likeness (QED) is 0.355. The summed E-state index contributed by atoms with van der Waals surface area (Å²) in [7, 11) is -3.38. The molecule has 0 unspecified atom stereocenters. The van der Waals surface area contributed by atoms with Crippen LogP contribution in [0.2, 0.25) is 0 Å². The van der Waals surface area contributed by atoms with Crippen molar-refractivity contribution >= 4 is 32.7 Å². The number of likely N-dealkylation sites (tertiary alicyclic amines) is 1. The number of nitrogens with two attached hydrogens (primary N) is 2. The van der Waals surface area contributed by atoms with Crippen LogP contribution in [0.1, 0.15) is 49.1 Å². The van der Waals surface area contributed by atoms with Gasteiger partial charge in [-0.3, -0.25) is 14.5 Å². The molecule has 2 aromatic carbocycles. The first-order valence-electron chi connectivity index (χ1n) is 13.7. The lowest BCUT2D eigenvalue weighted by Crippen LogP contribution is -2.42. The first-order valence-corrected chi connectivity index (χ1v) is 15.3. The van der Waals surface area contributed by atoms with Gasteiger partial charge in [0.25, 0.3) is 0 Å². The Kier molecular flexibility index (Phi) is 8.06. The Morgan fingerprint density at radius 3 is 2.41 bits per heavy atom. The second-order valence-corrected chi connectivity index (χ2v) is 12.8. The fourth-order valence-corrected chi connectivity index (χ4v) is 7.75. The summed E-state index contributed by atoms with van der Waals surface area (Å²) in [5.41, 5.74) is 16.1. The molecule has 3 aromatic rings. The van der Waals surface area contributed by atoms with Gasteiger partial charge in [0.1, 0.15) is 0 Å². The molecule has 3 heterocycles. The van der Waals surface area contributed by atoms with E-state index in [0.717, 1.165) is 65.4 Å². The van der Waals surface area contributed by atoms with E-state index in [1.807, 2.05) is 47.5 Å². The largest absolute Gasteiger partial charge is 0.369 e. The highest BCUT2D eigenvalue weighted by Crippen LogP contribution is 2.37. The predicted octanol–water partition coefficient (Wildman–Crippen LogP) is 2.71. The monoisotopic (exact) mass is 551 g/mol. The number of aromatic nitrogens is 1. The Morgan fingerprint density at radius 2 is 1.72 bits per heavy atom. The Morgan fingerprint density at radius 1 is 0.974 bits per heavy atom. The molecule has 9 nitrogen and oxygen atoms in total. The van der Waals surface area contributed by atoms with Gasteiger partial charge in [0.15, 0.2) is 0 Å². The van der Waals surface area contributed by atoms with E-state index in [1.165, 1.54) is 0 Å². The van der Waals surface area contributed by atoms with Gasteiger partial charge in [0.2, 0.25) is 21.8 Å². The molecule has 2 saturated heterocycles. The molecule has 5 N–H and O–H groups in total. The van der Waals surface area contributed by atoms with Crippen molar-refractivity contribution in [2.45, 2.75) is 50.5 Å². The van der Waals surface area contributed by atoms with Gasteiger partial charge in [-0.1, -0.05) is 30.3 Å². The van der Waals surface area contributed by atoms with E-state index in [9.17, 15) is 18.0 Å². The van der Waals surface area contributed by atoms with E-state index in [-0.39, 0.29) is 35.9 Å². The SMILES string of the molecule is NC(=O)Cc1cc(-c2ccccc2)cc2c(C3CCN(S(=O)(=O)CCCN4CCC[C@@H]4C(N)=O)CC3)c[nH]c12. The Labute approximate surface area is 229 Å². The molecule has 208 valence electrons. The highest BCUT2D eigenvalue weighted by molar-refractivity contribution is 7.89. The fraction of sp³-hybridized carbons (Fsp3) is 0.448. The standard InChI is InChI=1S/C29H37N5O4S/c30-27(35)18-23-16-22(20-6-2-1-3-7-20)17-24-25(19-32-28(23)24)21-9-13-34(14-10-21)39(37,38)15-5-12-33-11-4-8-26(33)29(31)36/h1-3,6-7,16-17,19,21,26,32H,4-5,8-15,18H2,(H2,30,35)(H2,31,36)/t26-/m1/s1. The normalized spacial score (nSPS) is 19.5. The van der Waals surface area contributed by atoms with Crippen molar-refractivity contribution in [3.8, 4) is 11.1 Å². The van der Waals surface area contributed by atoms with E-state index in [1.54, 1.807) is 4.31 Å². The molecule has 1 atom stereocenters. The van der Waals surface area contributed by atoms with Gasteiger partial charge < -0.3 is 16.5 Å². The number of hydrogen-bond donors (Lipinski definition) is 3. The first kappa shape index (κ1) is 27.4. The third kappa shape index (κ3) is 6.03. The molecule has 0 bridgehead atoms. The number of fused-ring (bicyclic) bond motifs is 1. The van der Waals surface area contributed by atoms with Crippen LogP contribution in [0.5, 0.6) is 0 Å². The minimum atomic E-state index is -3.38. The van der Waals surface area contributed by atoms with Gasteiger partial charge in [-0.2, -0.15) is 0 Å². The average Bonchev–Trinajstić information content (AvgIpc) is 3.56. The number of H-pyrrole nitrogens is 1. The molecule has 0 saturated carbocycles. The van der Waals surface area contributed by atoms with Crippen LogP contribution in [0.15, 0.2) is 48.7 Å². The van der Waals surface area contributed by atoms with E-state index >= 15 is 0 Å². The van der Waals surface area contributed by atoms with Crippen molar-refractivity contribution in [1.82, 2.24) is 14.2 Å². The summed E-state index contributed by atoms with van der Waals surface area (Å²) in [6.45, 7) is 2.30. The lowest BCUT2D eigenvalue weighted by molar-refractivity contribution is -0.122. The molecule has 1 aromatic heterocycles. The second kappa shape index (κ2) is 11.5. The Hall–Kier alpha value is -3.21. The molecule has 5 rings (SSSR count). The van der Waals surface area contributed by atoms with Gasteiger partial charge in [0, 0.05) is 30.2 Å². The number of sulfonamides is 1. The number of benzene rings is 2. The van der Waals surface area contributed by atoms with Crippen LogP contribution in [0.4, 0.5) is 0 Å². The number of carbonyl (C=O) groups is 2. The molecule has 2 aliphatic rings. The van der Waals surface area contributed by atoms with Crippen molar-refractivity contribution in [3.63, 3.8) is 0 Å². The van der Waals surface area contributed by atoms with Gasteiger partial charge >= 0.3 is 0 Å². The number of piperidine rings is 1. The second-order valence-electron chi connectivity index (χ2n) is 10.8. The summed E-state index contributed by atoms with van der Waals surface area (Å²) in [6.07, 6.45) is 5.75. The van der Waals surface area contributed by atoms with Gasteiger partial charge in [-0.05, 0) is 85.5 Å². The number of nitrogens with zero attached hydrogens (tertiary/aromatic N) is 2. The van der Waals surface area contributed by atoms with Crippen LogP contribution < -0.4 is 11.5 Å². The topological polar surface area (TPSA) is 143 Å². The number of hydrogen-bond acceptors (Lipinski definition) is 5. The number of primary amides is 2. The smallest absolute Gasteiger partial charge is 0.234 e. The summed E-state index contributed by atoms with van der Waals surface area (Å²) in [5, 5.41) is 1.06. The molecule has 39 heavy (non-hydrogen) atoms. The summed E-state index contributed by atoms with van der Waals surface area (Å²) in [6, 6.07) is 13.9. The third-order valence-corrected chi connectivity index (χ3v) is 10.2. The number of aromatic amines is 1. The lowest BCUT2D eigenvalue weighted by atomic mass is 9.88. The van der Waals surface area contributed by atoms with Gasteiger partial charge in [-0.25, -0.2) is 12.7 Å². The highest BCUT2D eigenvalue weighted by Gasteiger charge is 2.32. The van der Waals surface area contributed by atoms with Gasteiger partial charge in [0.05, 0.1) is 18.2 Å². The molecule has 0 spiro atoms. The maximum Gasteiger partial charge on any atom is 0.234 e. The van der Waals surface area contributed by atoms with Crippen LogP contribution in [0, 0.1) is 0 Å². The summed E-state index contributed by atoms with van der Waals surface area (Å²) in [5.74, 6) is -0.430. The molecule has 2 amide bonds. The third-order valence-electron chi connectivity index (χ3n) is 8.20. The number of rotatable bonds is 10. The minimum Gasteiger partial charge on any atom is -0.369 e. The van der Waals surface area contributed by atoms with Gasteiger partial charge in [-0.15, -0.1) is 0 Å². The van der Waals surface area contributed by atoms with Crippen LogP contribution in [-0.4, -0.2) is 72.4 Å². The molecule has 2 fully saturated rings. The van der Waals surface area contributed by atoms with Crippen LogP contribution in [0.3, 0.4) is 0 Å². The fourth-order valence-electron chi connectivity index (χ4n) is 6.23. The van der Waals surface area contributed by atoms with E-state index in [0.29, 0.717) is 26.1 Å². The van der Waals surface area contributed by atoms with Crippen LogP contribution in [-0.2, 0) is 26.0 Å². The maximum absolute atomic E-state index is 13.1. The number of carbonyl (C=O) groups excluding carboxylic acids is 2. The van der Waals surface area contributed by atoms with Crippen molar-refractivity contribution < 1.29 is 18.0 Å². The number of amides is 2. The molecule has 2 aliphatic heterocycles. The lowest BCUT2D eigenvalue weighted by Gasteiger charge is -2.31. The first-order chi connectivity index (χ1) is 18.7. The van der Waals surface area contributed by atoms with Crippen molar-refractivity contribution in [2.75, 3.05) is 31.9 Å². The van der Waals surface area contributed by atoms with Crippen molar-refractivity contribution in [3.05, 3.63) is 59.8 Å². The molecule has 0 radical (unpaired) electrons.